The Bertz CT molecular complexity index is 1240. The molecule has 12 nitrogen and oxygen atoms in total. The van der Waals surface area contributed by atoms with Gasteiger partial charge >= 0.3 is 12.2 Å². The number of urea groups is 1. The topological polar surface area (TPSA) is 171 Å². The number of piperidine rings is 1. The number of ketones is 1. The average molecular weight is 659 g/mol. The van der Waals surface area contributed by atoms with E-state index in [2.05, 4.69) is 22.5 Å². The number of alkyl halides is 3. The molecular formula is C31H49F3N6O6. The highest BCUT2D eigenvalue weighted by Gasteiger charge is 2.70. The van der Waals surface area contributed by atoms with Crippen molar-refractivity contribution in [2.24, 2.45) is 33.8 Å². The lowest BCUT2D eigenvalue weighted by molar-refractivity contribution is -0.147. The maximum Gasteiger partial charge on any atom is 0.389 e. The molecule has 1 saturated heterocycles. The van der Waals surface area contributed by atoms with Crippen molar-refractivity contribution in [1.29, 1.82) is 0 Å². The molecule has 0 bridgehead atoms. The summed E-state index contributed by atoms with van der Waals surface area (Å²) >= 11 is 0. The van der Waals surface area contributed by atoms with Crippen molar-refractivity contribution < 1.29 is 41.9 Å². The summed E-state index contributed by atoms with van der Waals surface area (Å²) in [6.45, 7) is 18.2. The van der Waals surface area contributed by atoms with Gasteiger partial charge in [0.2, 0.25) is 23.5 Å². The Morgan fingerprint density at radius 1 is 0.978 bits per heavy atom. The molecule has 2 rings (SSSR count). The lowest BCUT2D eigenvalue weighted by atomic mass is 9.84. The second kappa shape index (κ2) is 13.6. The number of likely N-dealkylation sites (N-methyl/N-ethyl adjacent to an activating group) is 1. The van der Waals surface area contributed by atoms with E-state index in [9.17, 15) is 41.9 Å². The molecule has 1 unspecified atom stereocenters. The van der Waals surface area contributed by atoms with Crippen LogP contribution in [0.15, 0.2) is 12.7 Å². The predicted molar refractivity (Wildman–Crippen MR) is 164 cm³/mol. The molecule has 5 N–H and O–H groups in total. The number of amides is 6. The van der Waals surface area contributed by atoms with E-state index >= 15 is 0 Å². The van der Waals surface area contributed by atoms with Gasteiger partial charge in [-0.05, 0) is 34.5 Å². The number of hydrogen-bond acceptors (Lipinski definition) is 6. The van der Waals surface area contributed by atoms with Crippen LogP contribution in [0.3, 0.4) is 0 Å². The van der Waals surface area contributed by atoms with Gasteiger partial charge in [-0.1, -0.05) is 61.5 Å². The van der Waals surface area contributed by atoms with Crippen LogP contribution in [0.1, 0.15) is 68.2 Å². The summed E-state index contributed by atoms with van der Waals surface area (Å²) in [6, 6.07) is -5.98. The van der Waals surface area contributed by atoms with Crippen LogP contribution in [0.25, 0.3) is 0 Å². The van der Waals surface area contributed by atoms with Crippen LogP contribution in [-0.4, -0.2) is 95.7 Å². The average Bonchev–Trinajstić information content (AvgIpc) is 3.21. The summed E-state index contributed by atoms with van der Waals surface area (Å²) in [7, 11) is 1.57. The number of Topliss-reactive ketones (excluding diaryl/α,β-unsaturated/α-hetero) is 1. The molecule has 2 aliphatic rings. The number of rotatable bonds is 12. The van der Waals surface area contributed by atoms with Crippen molar-refractivity contribution in [3.8, 4) is 0 Å². The summed E-state index contributed by atoms with van der Waals surface area (Å²) in [6.07, 6.45) is -5.47. The third-order valence-electron chi connectivity index (χ3n) is 8.91. The number of halogens is 3. The second-order valence-corrected chi connectivity index (χ2v) is 15.1. The van der Waals surface area contributed by atoms with E-state index in [1.54, 1.807) is 54.7 Å². The van der Waals surface area contributed by atoms with E-state index in [1.807, 2.05) is 13.8 Å². The first-order valence-corrected chi connectivity index (χ1v) is 15.2. The molecule has 15 heteroatoms. The minimum atomic E-state index is -4.66. The first-order valence-electron chi connectivity index (χ1n) is 15.2. The van der Waals surface area contributed by atoms with Crippen LogP contribution in [0.2, 0.25) is 0 Å². The Kier molecular flexibility index (Phi) is 11.4. The normalized spacial score (nSPS) is 22.4. The summed E-state index contributed by atoms with van der Waals surface area (Å²) < 4.78 is 38.9. The monoisotopic (exact) mass is 658 g/mol. The highest BCUT2D eigenvalue weighted by Crippen LogP contribution is 2.65. The van der Waals surface area contributed by atoms with Crippen LogP contribution in [-0.2, 0) is 24.0 Å². The lowest BCUT2D eigenvalue weighted by Gasteiger charge is -2.38. The summed E-state index contributed by atoms with van der Waals surface area (Å²) in [4.78, 5) is 80.9. The van der Waals surface area contributed by atoms with E-state index in [-0.39, 0.29) is 30.8 Å². The summed E-state index contributed by atoms with van der Waals surface area (Å²) in [5.74, 6) is -5.29. The number of hydrogen-bond donors (Lipinski definition) is 4. The zero-order valence-electron chi connectivity index (χ0n) is 28.1. The number of nitrogens with two attached hydrogens (primary N) is 1. The molecule has 0 aromatic carbocycles. The van der Waals surface area contributed by atoms with Gasteiger partial charge in [0.15, 0.2) is 0 Å². The van der Waals surface area contributed by atoms with Gasteiger partial charge in [-0.2, -0.15) is 13.2 Å². The van der Waals surface area contributed by atoms with Gasteiger partial charge in [0.05, 0.1) is 6.04 Å². The molecule has 1 saturated carbocycles. The third kappa shape index (κ3) is 8.99. The van der Waals surface area contributed by atoms with Crippen LogP contribution >= 0.6 is 0 Å². The van der Waals surface area contributed by atoms with E-state index in [0.717, 1.165) is 0 Å². The van der Waals surface area contributed by atoms with Crippen molar-refractivity contribution in [1.82, 2.24) is 25.8 Å². The summed E-state index contributed by atoms with van der Waals surface area (Å²) in [5, 5.41) is 7.62. The molecule has 0 radical (unpaired) electrons. The number of nitrogens with one attached hydrogen (secondary N) is 3. The lowest BCUT2D eigenvalue weighted by Crippen LogP contribution is -2.63. The molecule has 1 heterocycles. The first kappa shape index (κ1) is 38.5. The van der Waals surface area contributed by atoms with Gasteiger partial charge in [0.1, 0.15) is 18.1 Å². The molecule has 6 amide bonds. The van der Waals surface area contributed by atoms with Crippen molar-refractivity contribution in [2.45, 2.75) is 98.6 Å². The molecule has 1 aliphatic heterocycles. The standard InChI is InChI=1S/C31H49F3N6O6/c1-11-14-39(10)25(44)21(28(2,3)4)37-27(46)38-22(29(5,6)7)26(45)40-15-16-18(30(16,8)9)19(40)24(43)36-17(20(41)23(35)42)12-13-31(32,33)34/h11,16-19,21-22H,1,12-15H2,2-10H3,(H2,35,42)(H,36,43)(H2,37,38,46)/t16-,17?,18-,19-,21+,22+/m0/s1. The molecule has 6 atom stereocenters. The van der Waals surface area contributed by atoms with Crippen molar-refractivity contribution in [3.05, 3.63) is 12.7 Å². The molecule has 46 heavy (non-hydrogen) atoms. The molecule has 260 valence electrons. The fourth-order valence-electron chi connectivity index (χ4n) is 6.09. The Morgan fingerprint density at radius 3 is 1.96 bits per heavy atom. The highest BCUT2D eigenvalue weighted by atomic mass is 19.4. The number of likely N-dealkylation sites (tertiary alicyclic amines) is 1. The van der Waals surface area contributed by atoms with E-state index in [4.69, 9.17) is 5.73 Å². The zero-order valence-corrected chi connectivity index (χ0v) is 28.1. The fourth-order valence-corrected chi connectivity index (χ4v) is 6.09. The second-order valence-electron chi connectivity index (χ2n) is 15.1. The molecule has 1 aliphatic carbocycles. The van der Waals surface area contributed by atoms with Gasteiger partial charge in [0, 0.05) is 26.6 Å². The predicted octanol–water partition coefficient (Wildman–Crippen LogP) is 2.12. The van der Waals surface area contributed by atoms with Crippen LogP contribution in [0.5, 0.6) is 0 Å². The van der Waals surface area contributed by atoms with Gasteiger partial charge in [0.25, 0.3) is 5.91 Å². The number of carbonyl (C=O) groups is 6. The molecule has 0 aromatic rings. The Labute approximate surface area is 268 Å². The van der Waals surface area contributed by atoms with Gasteiger partial charge < -0.3 is 31.5 Å². The van der Waals surface area contributed by atoms with Gasteiger partial charge in [-0.15, -0.1) is 6.58 Å². The smallest absolute Gasteiger partial charge is 0.363 e. The third-order valence-corrected chi connectivity index (χ3v) is 8.91. The van der Waals surface area contributed by atoms with Crippen molar-refractivity contribution >= 4 is 35.4 Å². The number of carbonyl (C=O) groups excluding carboxylic acids is 6. The Balaban J connectivity index is 2.36. The SMILES string of the molecule is C=CCN(C)C(=O)[C@@H](NC(=O)N[C@H](C(=O)N1C[C@H]2[C@@H]([C@H]1C(=O)NC(CCC(F)(F)F)C(=O)C(N)=O)C2(C)C)C(C)(C)C)C(C)(C)C. The van der Waals surface area contributed by atoms with Crippen LogP contribution in [0, 0.1) is 28.1 Å². The first-order chi connectivity index (χ1) is 20.7. The molecular weight excluding hydrogens is 609 g/mol. The van der Waals surface area contributed by atoms with Crippen LogP contribution < -0.4 is 21.7 Å². The Morgan fingerprint density at radius 2 is 1.50 bits per heavy atom. The van der Waals surface area contributed by atoms with E-state index in [0.29, 0.717) is 0 Å². The number of primary amides is 1. The van der Waals surface area contributed by atoms with Gasteiger partial charge in [-0.25, -0.2) is 4.79 Å². The largest absolute Gasteiger partial charge is 0.389 e. The van der Waals surface area contributed by atoms with Crippen LogP contribution in [0.4, 0.5) is 18.0 Å². The quantitative estimate of drug-likeness (QED) is 0.185. The number of nitrogens with zero attached hydrogens (tertiary/aromatic N) is 2. The van der Waals surface area contributed by atoms with Gasteiger partial charge in [-0.3, -0.25) is 24.0 Å². The Hall–Kier alpha value is -3.65. The fraction of sp³-hybridized carbons (Fsp3) is 0.742. The minimum absolute atomic E-state index is 0.122. The zero-order chi connectivity index (χ0) is 35.7. The molecule has 2 fully saturated rings. The summed E-state index contributed by atoms with van der Waals surface area (Å²) in [5.41, 5.74) is 3.05. The maximum absolute atomic E-state index is 14.1. The maximum atomic E-state index is 14.1. The van der Waals surface area contributed by atoms with Crippen molar-refractivity contribution in [2.75, 3.05) is 20.1 Å². The van der Waals surface area contributed by atoms with Crippen molar-refractivity contribution in [3.63, 3.8) is 0 Å². The van der Waals surface area contributed by atoms with E-state index in [1.165, 1.54) is 9.80 Å². The molecule has 0 spiro atoms. The molecule has 0 aromatic heterocycles. The highest BCUT2D eigenvalue weighted by molar-refractivity contribution is 6.37. The minimum Gasteiger partial charge on any atom is -0.363 e. The van der Waals surface area contributed by atoms with E-state index < -0.39 is 89.0 Å². The number of fused-ring (bicyclic) bond motifs is 1.